The molecular weight excluding hydrogens is 366 g/mol. The number of benzene rings is 2. The molecule has 1 N–H and O–H groups in total. The number of rotatable bonds is 4. The van der Waals surface area contributed by atoms with Crippen LogP contribution in [0.25, 0.3) is 22.6 Å². The molecule has 0 aliphatic heterocycles. The largest absolute Gasteiger partial charge is 0.450 e. The van der Waals surface area contributed by atoms with Gasteiger partial charge in [0, 0.05) is 22.5 Å². The lowest BCUT2D eigenvalue weighted by atomic mass is 10.1. The number of nitrogens with zero attached hydrogens (tertiary/aromatic N) is 2. The molecule has 0 radical (unpaired) electrons. The molecule has 1 amide bonds. The Kier molecular flexibility index (Phi) is 4.41. The van der Waals surface area contributed by atoms with Gasteiger partial charge in [-0.2, -0.15) is 0 Å². The number of para-hydroxylation sites is 1. The molecule has 136 valence electrons. The quantitative estimate of drug-likeness (QED) is 0.555. The van der Waals surface area contributed by atoms with E-state index >= 15 is 0 Å². The molecule has 0 aliphatic carbocycles. The van der Waals surface area contributed by atoms with Gasteiger partial charge in [0.2, 0.25) is 0 Å². The standard InChI is InChI=1S/C20H16ClN3O3/c1-11-6-5-8-14-12(2)17(26-16(11)14)19-23-24-20(27-19)18(25)22-10-13-7-3-4-9-15(13)21/h3-9H,10H2,1-2H3,(H,22,25). The minimum atomic E-state index is -0.474. The van der Waals surface area contributed by atoms with Crippen molar-refractivity contribution < 1.29 is 13.6 Å². The summed E-state index contributed by atoms with van der Waals surface area (Å²) in [6, 6.07) is 13.2. The molecule has 4 rings (SSSR count). The molecule has 2 heterocycles. The zero-order valence-corrected chi connectivity index (χ0v) is 15.5. The van der Waals surface area contributed by atoms with E-state index in [0.29, 0.717) is 10.8 Å². The fourth-order valence-electron chi connectivity index (χ4n) is 2.89. The third-order valence-corrected chi connectivity index (χ3v) is 4.74. The van der Waals surface area contributed by atoms with Gasteiger partial charge in [-0.1, -0.05) is 48.0 Å². The number of hydrogen-bond donors (Lipinski definition) is 1. The molecule has 0 atom stereocenters. The summed E-state index contributed by atoms with van der Waals surface area (Å²) in [5.41, 5.74) is 3.48. The van der Waals surface area contributed by atoms with Crippen LogP contribution in [0.4, 0.5) is 0 Å². The van der Waals surface area contributed by atoms with Gasteiger partial charge in [0.25, 0.3) is 5.89 Å². The number of carbonyl (C=O) groups excluding carboxylic acids is 1. The maximum Gasteiger partial charge on any atom is 0.309 e. The van der Waals surface area contributed by atoms with Crippen LogP contribution >= 0.6 is 11.6 Å². The van der Waals surface area contributed by atoms with Crippen molar-refractivity contribution in [3.05, 3.63) is 70.1 Å². The number of aromatic nitrogens is 2. The van der Waals surface area contributed by atoms with Gasteiger partial charge in [-0.3, -0.25) is 4.79 Å². The summed E-state index contributed by atoms with van der Waals surface area (Å²) in [4.78, 5) is 12.3. The lowest BCUT2D eigenvalue weighted by Crippen LogP contribution is -2.23. The number of carbonyl (C=O) groups is 1. The first-order chi connectivity index (χ1) is 13.0. The van der Waals surface area contributed by atoms with Crippen molar-refractivity contribution in [2.24, 2.45) is 0 Å². The summed E-state index contributed by atoms with van der Waals surface area (Å²) in [6.07, 6.45) is 0. The van der Waals surface area contributed by atoms with E-state index in [1.165, 1.54) is 0 Å². The van der Waals surface area contributed by atoms with Gasteiger partial charge < -0.3 is 14.2 Å². The van der Waals surface area contributed by atoms with Crippen LogP contribution in [0.2, 0.25) is 5.02 Å². The highest BCUT2D eigenvalue weighted by Gasteiger charge is 2.21. The summed E-state index contributed by atoms with van der Waals surface area (Å²) < 4.78 is 11.4. The fourth-order valence-corrected chi connectivity index (χ4v) is 3.09. The zero-order valence-electron chi connectivity index (χ0n) is 14.7. The van der Waals surface area contributed by atoms with Crippen molar-refractivity contribution >= 4 is 28.5 Å². The zero-order chi connectivity index (χ0) is 19.0. The van der Waals surface area contributed by atoms with Gasteiger partial charge in [0.1, 0.15) is 5.58 Å². The Bertz CT molecular complexity index is 1150. The normalized spacial score (nSPS) is 11.1. The van der Waals surface area contributed by atoms with Crippen LogP contribution in [-0.4, -0.2) is 16.1 Å². The molecule has 0 aliphatic rings. The highest BCUT2D eigenvalue weighted by molar-refractivity contribution is 6.31. The lowest BCUT2D eigenvalue weighted by molar-refractivity contribution is 0.0916. The average Bonchev–Trinajstić information content (AvgIpc) is 3.27. The van der Waals surface area contributed by atoms with Crippen molar-refractivity contribution in [3.8, 4) is 11.7 Å². The topological polar surface area (TPSA) is 81.2 Å². The first-order valence-electron chi connectivity index (χ1n) is 8.39. The highest BCUT2D eigenvalue weighted by atomic mass is 35.5. The van der Waals surface area contributed by atoms with Gasteiger partial charge in [-0.25, -0.2) is 0 Å². The molecule has 6 nitrogen and oxygen atoms in total. The van der Waals surface area contributed by atoms with E-state index in [0.717, 1.165) is 27.7 Å². The molecule has 4 aromatic rings. The smallest absolute Gasteiger partial charge is 0.309 e. The van der Waals surface area contributed by atoms with Crippen LogP contribution in [0.3, 0.4) is 0 Å². The van der Waals surface area contributed by atoms with Crippen molar-refractivity contribution in [1.29, 1.82) is 0 Å². The molecule has 7 heteroatoms. The highest BCUT2D eigenvalue weighted by Crippen LogP contribution is 2.33. The summed E-state index contributed by atoms with van der Waals surface area (Å²) in [5, 5.41) is 12.1. The number of hydrogen-bond acceptors (Lipinski definition) is 5. The summed E-state index contributed by atoms with van der Waals surface area (Å²) in [5.74, 6) is 0.0372. The Morgan fingerprint density at radius 1 is 1.07 bits per heavy atom. The number of furan rings is 1. The minimum absolute atomic E-state index is 0.131. The average molecular weight is 382 g/mol. The first-order valence-corrected chi connectivity index (χ1v) is 8.76. The van der Waals surface area contributed by atoms with Gasteiger partial charge in [0.05, 0.1) is 0 Å². The van der Waals surface area contributed by atoms with E-state index in [1.54, 1.807) is 6.07 Å². The second-order valence-corrected chi connectivity index (χ2v) is 6.60. The van der Waals surface area contributed by atoms with E-state index in [1.807, 2.05) is 50.2 Å². The van der Waals surface area contributed by atoms with Crippen LogP contribution in [0, 0.1) is 13.8 Å². The molecule has 0 bridgehead atoms. The lowest BCUT2D eigenvalue weighted by Gasteiger charge is -2.04. The van der Waals surface area contributed by atoms with Crippen LogP contribution in [0.1, 0.15) is 27.4 Å². The van der Waals surface area contributed by atoms with E-state index in [4.69, 9.17) is 20.4 Å². The third-order valence-electron chi connectivity index (χ3n) is 4.37. The molecule has 0 spiro atoms. The molecule has 0 saturated carbocycles. The van der Waals surface area contributed by atoms with Crippen molar-refractivity contribution in [2.75, 3.05) is 0 Å². The Morgan fingerprint density at radius 3 is 2.67 bits per heavy atom. The van der Waals surface area contributed by atoms with E-state index in [9.17, 15) is 4.79 Å². The Balaban J connectivity index is 1.57. The summed E-state index contributed by atoms with van der Waals surface area (Å²) in [6.45, 7) is 4.15. The van der Waals surface area contributed by atoms with Crippen molar-refractivity contribution in [1.82, 2.24) is 15.5 Å². The number of amides is 1. The second kappa shape index (κ2) is 6.89. The number of nitrogens with one attached hydrogen (secondary N) is 1. The van der Waals surface area contributed by atoms with Crippen LogP contribution in [0.15, 0.2) is 51.3 Å². The van der Waals surface area contributed by atoms with Gasteiger partial charge in [0.15, 0.2) is 5.76 Å². The molecule has 27 heavy (non-hydrogen) atoms. The van der Waals surface area contributed by atoms with Crippen molar-refractivity contribution in [2.45, 2.75) is 20.4 Å². The van der Waals surface area contributed by atoms with Crippen LogP contribution in [0.5, 0.6) is 0 Å². The minimum Gasteiger partial charge on any atom is -0.450 e. The van der Waals surface area contributed by atoms with Gasteiger partial charge >= 0.3 is 11.8 Å². The monoisotopic (exact) mass is 381 g/mol. The second-order valence-electron chi connectivity index (χ2n) is 6.19. The SMILES string of the molecule is Cc1c(-c2nnc(C(=O)NCc3ccccc3Cl)o2)oc2c(C)cccc12. The molecule has 0 fully saturated rings. The molecule has 0 unspecified atom stereocenters. The van der Waals surface area contributed by atoms with Crippen molar-refractivity contribution in [3.63, 3.8) is 0 Å². The molecule has 2 aromatic heterocycles. The molecule has 0 saturated heterocycles. The summed E-state index contributed by atoms with van der Waals surface area (Å²) in [7, 11) is 0. The predicted octanol–water partition coefficient (Wildman–Crippen LogP) is 4.68. The molecule has 2 aromatic carbocycles. The number of fused-ring (bicyclic) bond motifs is 1. The van der Waals surface area contributed by atoms with Gasteiger partial charge in [-0.15, -0.1) is 10.2 Å². The summed E-state index contributed by atoms with van der Waals surface area (Å²) >= 11 is 6.09. The van der Waals surface area contributed by atoms with Crippen LogP contribution in [-0.2, 0) is 6.54 Å². The van der Waals surface area contributed by atoms with Gasteiger partial charge in [-0.05, 0) is 31.0 Å². The van der Waals surface area contributed by atoms with Crippen LogP contribution < -0.4 is 5.32 Å². The fraction of sp³-hybridized carbons (Fsp3) is 0.150. The number of aryl methyl sites for hydroxylation is 2. The Labute approximate surface area is 160 Å². The van der Waals surface area contributed by atoms with E-state index in [2.05, 4.69) is 15.5 Å². The first kappa shape index (κ1) is 17.3. The third kappa shape index (κ3) is 3.19. The maximum absolute atomic E-state index is 12.3. The molecular formula is C20H16ClN3O3. The van der Waals surface area contributed by atoms with E-state index in [-0.39, 0.29) is 18.3 Å². The maximum atomic E-state index is 12.3. The van der Waals surface area contributed by atoms with E-state index < -0.39 is 5.91 Å². The Morgan fingerprint density at radius 2 is 1.89 bits per heavy atom. The number of halogens is 1. The predicted molar refractivity (Wildman–Crippen MR) is 102 cm³/mol. The Hall–Kier alpha value is -3.12.